The van der Waals surface area contributed by atoms with E-state index >= 15 is 0 Å². The third kappa shape index (κ3) is 3.02. The molecule has 0 aliphatic carbocycles. The average molecular weight is 188 g/mol. The second kappa shape index (κ2) is 4.81. The van der Waals surface area contributed by atoms with Gasteiger partial charge in [0, 0.05) is 13.0 Å². The first kappa shape index (κ1) is 11.9. The van der Waals surface area contributed by atoms with Crippen molar-refractivity contribution in [3.63, 3.8) is 0 Å². The second-order valence-corrected chi connectivity index (χ2v) is 3.26. The van der Waals surface area contributed by atoms with E-state index in [9.17, 15) is 9.59 Å². The maximum atomic E-state index is 11.4. The van der Waals surface area contributed by atoms with E-state index in [1.54, 1.807) is 20.8 Å². The van der Waals surface area contributed by atoms with Crippen molar-refractivity contribution in [3.05, 3.63) is 0 Å². The van der Waals surface area contributed by atoms with Gasteiger partial charge in [0.15, 0.2) is 0 Å². The van der Waals surface area contributed by atoms with Crippen LogP contribution in [0.3, 0.4) is 0 Å². The van der Waals surface area contributed by atoms with E-state index < -0.39 is 11.9 Å². The monoisotopic (exact) mass is 188 g/mol. The molecule has 2 N–H and O–H groups in total. The lowest BCUT2D eigenvalue weighted by Gasteiger charge is -2.24. The highest BCUT2D eigenvalue weighted by molar-refractivity contribution is 5.87. The molecule has 0 fully saturated rings. The van der Waals surface area contributed by atoms with Crippen LogP contribution in [0, 0.1) is 5.92 Å². The molecule has 2 amide bonds. The molecule has 0 spiro atoms. The van der Waals surface area contributed by atoms with Crippen molar-refractivity contribution in [1.82, 2.24) is 10.4 Å². The van der Waals surface area contributed by atoms with Crippen molar-refractivity contribution in [2.24, 2.45) is 5.92 Å². The molecule has 0 aromatic rings. The number of amides is 2. The van der Waals surface area contributed by atoms with Crippen molar-refractivity contribution in [3.8, 4) is 0 Å². The molecular weight excluding hydrogens is 172 g/mol. The second-order valence-electron chi connectivity index (χ2n) is 3.26. The first-order valence-corrected chi connectivity index (χ1v) is 4.12. The van der Waals surface area contributed by atoms with Gasteiger partial charge in [0.05, 0.1) is 0 Å². The van der Waals surface area contributed by atoms with Gasteiger partial charge in [-0.15, -0.1) is 0 Å². The number of nitrogens with zero attached hydrogens (tertiary/aromatic N) is 1. The van der Waals surface area contributed by atoms with Crippen LogP contribution in [0.5, 0.6) is 0 Å². The fourth-order valence-corrected chi connectivity index (χ4v) is 0.867. The highest BCUT2D eigenvalue weighted by atomic mass is 16.5. The highest BCUT2D eigenvalue weighted by Gasteiger charge is 2.23. The van der Waals surface area contributed by atoms with Crippen LogP contribution in [0.2, 0.25) is 0 Å². The number of hydrogen-bond donors (Lipinski definition) is 2. The summed E-state index contributed by atoms with van der Waals surface area (Å²) < 4.78 is 0. The molecule has 0 aromatic carbocycles. The smallest absolute Gasteiger partial charge is 0.265 e. The zero-order valence-corrected chi connectivity index (χ0v) is 8.37. The minimum Gasteiger partial charge on any atom is -0.334 e. The molecule has 0 rings (SSSR count). The Hall–Kier alpha value is -1.10. The molecule has 0 aliphatic rings. The van der Waals surface area contributed by atoms with E-state index in [1.807, 2.05) is 0 Å². The van der Waals surface area contributed by atoms with Gasteiger partial charge >= 0.3 is 0 Å². The van der Waals surface area contributed by atoms with Crippen molar-refractivity contribution in [2.45, 2.75) is 26.8 Å². The Morgan fingerprint density at radius 3 is 2.08 bits per heavy atom. The van der Waals surface area contributed by atoms with Crippen LogP contribution in [-0.2, 0) is 9.59 Å². The summed E-state index contributed by atoms with van der Waals surface area (Å²) in [5.41, 5.74) is 1.51. The van der Waals surface area contributed by atoms with Gasteiger partial charge in [-0.3, -0.25) is 14.8 Å². The molecule has 1 atom stereocenters. The standard InChI is InChI=1S/C8H16N2O3/c1-5(2)8(12)10(4)6(3)7(11)9-13/h5-6,13H,1-4H3,(H,9,11). The fraction of sp³-hybridized carbons (Fsp3) is 0.750. The van der Waals surface area contributed by atoms with Crippen molar-refractivity contribution in [1.29, 1.82) is 0 Å². The molecule has 1 unspecified atom stereocenters. The molecule has 0 aliphatic heterocycles. The van der Waals surface area contributed by atoms with Crippen LogP contribution in [0.1, 0.15) is 20.8 Å². The largest absolute Gasteiger partial charge is 0.334 e. The van der Waals surface area contributed by atoms with E-state index in [2.05, 4.69) is 0 Å². The predicted octanol–water partition coefficient (Wildman–Crippen LogP) is -0.00530. The third-order valence-electron chi connectivity index (χ3n) is 1.91. The lowest BCUT2D eigenvalue weighted by molar-refractivity contribution is -0.144. The van der Waals surface area contributed by atoms with Gasteiger partial charge in [0.25, 0.3) is 5.91 Å². The Morgan fingerprint density at radius 2 is 1.77 bits per heavy atom. The SMILES string of the molecule is CC(C)C(=O)N(C)C(C)C(=O)NO. The molecule has 0 aromatic heterocycles. The fourth-order valence-electron chi connectivity index (χ4n) is 0.867. The van der Waals surface area contributed by atoms with Crippen molar-refractivity contribution < 1.29 is 14.8 Å². The Kier molecular flexibility index (Phi) is 4.40. The predicted molar refractivity (Wildman–Crippen MR) is 47.0 cm³/mol. The van der Waals surface area contributed by atoms with Gasteiger partial charge < -0.3 is 4.90 Å². The molecule has 76 valence electrons. The van der Waals surface area contributed by atoms with Gasteiger partial charge in [-0.2, -0.15) is 0 Å². The van der Waals surface area contributed by atoms with Crippen LogP contribution in [0.15, 0.2) is 0 Å². The summed E-state index contributed by atoms with van der Waals surface area (Å²) in [6.45, 7) is 5.05. The minimum absolute atomic E-state index is 0.129. The summed E-state index contributed by atoms with van der Waals surface area (Å²) >= 11 is 0. The minimum atomic E-state index is -0.653. The quantitative estimate of drug-likeness (QED) is 0.483. The van der Waals surface area contributed by atoms with Gasteiger partial charge in [-0.05, 0) is 6.92 Å². The Morgan fingerprint density at radius 1 is 1.31 bits per heavy atom. The van der Waals surface area contributed by atoms with Crippen LogP contribution in [0.4, 0.5) is 0 Å². The Balaban J connectivity index is 4.33. The van der Waals surface area contributed by atoms with E-state index in [-0.39, 0.29) is 11.8 Å². The first-order chi connectivity index (χ1) is 5.91. The van der Waals surface area contributed by atoms with Gasteiger partial charge in [-0.1, -0.05) is 13.8 Å². The van der Waals surface area contributed by atoms with E-state index in [1.165, 1.54) is 17.4 Å². The third-order valence-corrected chi connectivity index (χ3v) is 1.91. The van der Waals surface area contributed by atoms with Gasteiger partial charge in [0.2, 0.25) is 5.91 Å². The molecular formula is C8H16N2O3. The van der Waals surface area contributed by atoms with E-state index in [4.69, 9.17) is 5.21 Å². The number of hydrogen-bond acceptors (Lipinski definition) is 3. The number of hydroxylamine groups is 1. The maximum absolute atomic E-state index is 11.4. The normalized spacial score (nSPS) is 12.5. The lowest BCUT2D eigenvalue weighted by Crippen LogP contribution is -2.46. The number of rotatable bonds is 3. The Labute approximate surface area is 77.7 Å². The number of nitrogens with one attached hydrogen (secondary N) is 1. The Bertz CT molecular complexity index is 204. The summed E-state index contributed by atoms with van der Waals surface area (Å²) in [5.74, 6) is -0.869. The summed E-state index contributed by atoms with van der Waals surface area (Å²) in [6, 6.07) is -0.653. The topological polar surface area (TPSA) is 69.6 Å². The molecule has 0 radical (unpaired) electrons. The highest BCUT2D eigenvalue weighted by Crippen LogP contribution is 2.03. The zero-order chi connectivity index (χ0) is 10.6. The molecule has 0 bridgehead atoms. The first-order valence-electron chi connectivity index (χ1n) is 4.12. The van der Waals surface area contributed by atoms with E-state index in [0.29, 0.717) is 0 Å². The molecule has 5 nitrogen and oxygen atoms in total. The van der Waals surface area contributed by atoms with Crippen molar-refractivity contribution in [2.75, 3.05) is 7.05 Å². The number of carbonyl (C=O) groups excluding carboxylic acids is 2. The average Bonchev–Trinajstić information content (AvgIpc) is 2.12. The molecule has 5 heteroatoms. The molecule has 0 saturated heterocycles. The molecule has 0 saturated carbocycles. The summed E-state index contributed by atoms with van der Waals surface area (Å²) in [7, 11) is 1.53. The zero-order valence-electron chi connectivity index (χ0n) is 8.37. The van der Waals surface area contributed by atoms with Crippen LogP contribution >= 0.6 is 0 Å². The summed E-state index contributed by atoms with van der Waals surface area (Å²) in [6.07, 6.45) is 0. The van der Waals surface area contributed by atoms with Crippen LogP contribution in [0.25, 0.3) is 0 Å². The lowest BCUT2D eigenvalue weighted by atomic mass is 10.1. The van der Waals surface area contributed by atoms with Crippen molar-refractivity contribution >= 4 is 11.8 Å². The van der Waals surface area contributed by atoms with E-state index in [0.717, 1.165) is 0 Å². The van der Waals surface area contributed by atoms with Crippen LogP contribution in [-0.4, -0.2) is 35.0 Å². The van der Waals surface area contributed by atoms with Crippen LogP contribution < -0.4 is 5.48 Å². The maximum Gasteiger partial charge on any atom is 0.265 e. The summed E-state index contributed by atoms with van der Waals surface area (Å²) in [5, 5.41) is 8.34. The number of carbonyl (C=O) groups is 2. The van der Waals surface area contributed by atoms with Gasteiger partial charge in [0.1, 0.15) is 6.04 Å². The van der Waals surface area contributed by atoms with Gasteiger partial charge in [-0.25, -0.2) is 5.48 Å². The molecule has 0 heterocycles. The number of likely N-dealkylation sites (N-methyl/N-ethyl adjacent to an activating group) is 1. The molecule has 13 heavy (non-hydrogen) atoms. The summed E-state index contributed by atoms with van der Waals surface area (Å²) in [4.78, 5) is 23.6.